The van der Waals surface area contributed by atoms with Gasteiger partial charge in [-0.15, -0.1) is 0 Å². The van der Waals surface area contributed by atoms with Crippen molar-refractivity contribution < 1.29 is 9.84 Å². The van der Waals surface area contributed by atoms with Crippen molar-refractivity contribution >= 4 is 10.9 Å². The third-order valence-corrected chi connectivity index (χ3v) is 2.94. The number of benzene rings is 1. The van der Waals surface area contributed by atoms with Gasteiger partial charge in [-0.25, -0.2) is 0 Å². The maximum absolute atomic E-state index is 9.91. The Bertz CT molecular complexity index is 646. The first kappa shape index (κ1) is 11.8. The molecule has 0 aliphatic rings. The summed E-state index contributed by atoms with van der Waals surface area (Å²) in [6.07, 6.45) is 4.79. The van der Waals surface area contributed by atoms with E-state index in [1.54, 1.807) is 10.9 Å². The van der Waals surface area contributed by atoms with E-state index in [9.17, 15) is 5.11 Å². The van der Waals surface area contributed by atoms with Gasteiger partial charge in [-0.2, -0.15) is 5.10 Å². The number of hydrogen-bond acceptors (Lipinski definition) is 3. The van der Waals surface area contributed by atoms with E-state index in [0.717, 1.165) is 16.7 Å². The smallest absolute Gasteiger partial charge is 0.128 e. The molecule has 5 heteroatoms. The lowest BCUT2D eigenvalue weighted by atomic mass is 10.2. The van der Waals surface area contributed by atoms with E-state index in [2.05, 4.69) is 10.1 Å². The van der Waals surface area contributed by atoms with Gasteiger partial charge in [0, 0.05) is 29.5 Å². The van der Waals surface area contributed by atoms with Crippen LogP contribution in [0.2, 0.25) is 0 Å². The molecule has 0 radical (unpaired) electrons. The summed E-state index contributed by atoms with van der Waals surface area (Å²) in [5, 5.41) is 15.0. The van der Waals surface area contributed by atoms with E-state index in [0.29, 0.717) is 6.54 Å². The Balaban J connectivity index is 1.64. The molecule has 0 saturated carbocycles. The van der Waals surface area contributed by atoms with Crippen molar-refractivity contribution in [3.63, 3.8) is 0 Å². The molecule has 0 spiro atoms. The van der Waals surface area contributed by atoms with Gasteiger partial charge in [0.2, 0.25) is 0 Å². The number of aromatic amines is 1. The third-order valence-electron chi connectivity index (χ3n) is 2.94. The highest BCUT2D eigenvalue weighted by Crippen LogP contribution is 2.24. The highest BCUT2D eigenvalue weighted by atomic mass is 16.5. The number of H-pyrrole nitrogens is 1. The van der Waals surface area contributed by atoms with Crippen LogP contribution in [0.25, 0.3) is 10.9 Å². The molecule has 98 valence electrons. The van der Waals surface area contributed by atoms with Gasteiger partial charge < -0.3 is 14.8 Å². The highest BCUT2D eigenvalue weighted by Gasteiger charge is 2.08. The maximum atomic E-state index is 9.91. The Labute approximate surface area is 110 Å². The number of fused-ring (bicyclic) bond motifs is 1. The number of nitrogens with one attached hydrogen (secondary N) is 1. The van der Waals surface area contributed by atoms with Crippen LogP contribution >= 0.6 is 0 Å². The van der Waals surface area contributed by atoms with Crippen molar-refractivity contribution in [2.45, 2.75) is 12.6 Å². The first-order valence-electron chi connectivity index (χ1n) is 6.17. The third kappa shape index (κ3) is 2.61. The van der Waals surface area contributed by atoms with Gasteiger partial charge in [0.1, 0.15) is 18.5 Å². The molecule has 5 nitrogen and oxygen atoms in total. The van der Waals surface area contributed by atoms with Crippen LogP contribution in [0, 0.1) is 0 Å². The monoisotopic (exact) mass is 257 g/mol. The molecule has 19 heavy (non-hydrogen) atoms. The summed E-state index contributed by atoms with van der Waals surface area (Å²) in [4.78, 5) is 3.13. The number of ether oxygens (including phenoxy) is 1. The zero-order chi connectivity index (χ0) is 13.1. The van der Waals surface area contributed by atoms with Gasteiger partial charge in [0.05, 0.1) is 6.54 Å². The van der Waals surface area contributed by atoms with Gasteiger partial charge in [-0.05, 0) is 24.3 Å². The van der Waals surface area contributed by atoms with E-state index in [4.69, 9.17) is 4.74 Å². The molecule has 2 aromatic heterocycles. The molecule has 2 heterocycles. The van der Waals surface area contributed by atoms with Crippen molar-refractivity contribution in [3.8, 4) is 5.75 Å². The zero-order valence-corrected chi connectivity index (χ0v) is 10.4. The minimum atomic E-state index is -0.589. The molecule has 0 aliphatic carbocycles. The number of hydrogen-bond donors (Lipinski definition) is 2. The SMILES string of the molecule is OC(COc1cccc2[nH]ccc12)Cn1cccn1. The summed E-state index contributed by atoms with van der Waals surface area (Å²) in [7, 11) is 0. The summed E-state index contributed by atoms with van der Waals surface area (Å²) in [6, 6.07) is 9.60. The molecule has 1 aromatic carbocycles. The van der Waals surface area contributed by atoms with Crippen molar-refractivity contribution in [1.29, 1.82) is 0 Å². The Morgan fingerprint density at radius 2 is 2.26 bits per heavy atom. The average molecular weight is 257 g/mol. The molecule has 0 saturated heterocycles. The normalized spacial score (nSPS) is 12.7. The van der Waals surface area contributed by atoms with Gasteiger partial charge in [0.25, 0.3) is 0 Å². The first-order valence-corrected chi connectivity index (χ1v) is 6.17. The number of nitrogens with zero attached hydrogens (tertiary/aromatic N) is 2. The van der Waals surface area contributed by atoms with Crippen molar-refractivity contribution in [1.82, 2.24) is 14.8 Å². The van der Waals surface area contributed by atoms with E-state index in [1.165, 1.54) is 0 Å². The lowest BCUT2D eigenvalue weighted by Gasteiger charge is -2.13. The van der Waals surface area contributed by atoms with Crippen LogP contribution in [0.3, 0.4) is 0 Å². The van der Waals surface area contributed by atoms with E-state index >= 15 is 0 Å². The first-order chi connectivity index (χ1) is 9.33. The van der Waals surface area contributed by atoms with Gasteiger partial charge in [0.15, 0.2) is 0 Å². The van der Waals surface area contributed by atoms with Crippen molar-refractivity contribution in [2.24, 2.45) is 0 Å². The Morgan fingerprint density at radius 1 is 1.32 bits per heavy atom. The molecule has 1 unspecified atom stereocenters. The van der Waals surface area contributed by atoms with Gasteiger partial charge >= 0.3 is 0 Å². The summed E-state index contributed by atoms with van der Waals surface area (Å²) < 4.78 is 7.36. The fourth-order valence-corrected chi connectivity index (χ4v) is 2.05. The van der Waals surface area contributed by atoms with Crippen LogP contribution in [-0.2, 0) is 6.54 Å². The van der Waals surface area contributed by atoms with Crippen LogP contribution in [0.15, 0.2) is 48.9 Å². The number of aliphatic hydroxyl groups is 1. The molecule has 1 atom stereocenters. The second-order valence-corrected chi connectivity index (χ2v) is 4.39. The summed E-state index contributed by atoms with van der Waals surface area (Å²) in [6.45, 7) is 0.667. The molecule has 0 aliphatic heterocycles. The quantitative estimate of drug-likeness (QED) is 0.732. The second-order valence-electron chi connectivity index (χ2n) is 4.39. The average Bonchev–Trinajstić information content (AvgIpc) is 3.06. The number of aliphatic hydroxyl groups excluding tert-OH is 1. The standard InChI is InChI=1S/C14H15N3O2/c18-11(9-17-8-2-6-16-17)10-19-14-4-1-3-13-12(14)5-7-15-13/h1-8,11,15,18H,9-10H2. The van der Waals surface area contributed by atoms with Crippen molar-refractivity contribution in [3.05, 3.63) is 48.9 Å². The molecule has 0 bridgehead atoms. The van der Waals surface area contributed by atoms with E-state index < -0.39 is 6.10 Å². The Morgan fingerprint density at radius 3 is 3.11 bits per heavy atom. The second kappa shape index (κ2) is 5.16. The Hall–Kier alpha value is -2.27. The summed E-state index contributed by atoms with van der Waals surface area (Å²) in [5.74, 6) is 0.776. The van der Waals surface area contributed by atoms with Crippen LogP contribution < -0.4 is 4.74 Å². The Kier molecular flexibility index (Phi) is 3.20. The van der Waals surface area contributed by atoms with Gasteiger partial charge in [-0.3, -0.25) is 4.68 Å². The number of rotatable bonds is 5. The fourth-order valence-electron chi connectivity index (χ4n) is 2.05. The summed E-state index contributed by atoms with van der Waals surface area (Å²) in [5.41, 5.74) is 1.03. The molecular weight excluding hydrogens is 242 g/mol. The molecule has 2 N–H and O–H groups in total. The molecule has 3 rings (SSSR count). The molecular formula is C14H15N3O2. The van der Waals surface area contributed by atoms with Crippen LogP contribution in [0.4, 0.5) is 0 Å². The lowest BCUT2D eigenvalue weighted by Crippen LogP contribution is -2.23. The molecule has 0 amide bonds. The topological polar surface area (TPSA) is 63.1 Å². The van der Waals surface area contributed by atoms with Gasteiger partial charge in [-0.1, -0.05) is 6.07 Å². The maximum Gasteiger partial charge on any atom is 0.128 e. The van der Waals surface area contributed by atoms with Crippen LogP contribution in [0.1, 0.15) is 0 Å². The van der Waals surface area contributed by atoms with Crippen LogP contribution in [0.5, 0.6) is 5.75 Å². The van der Waals surface area contributed by atoms with Crippen molar-refractivity contribution in [2.75, 3.05) is 6.61 Å². The minimum Gasteiger partial charge on any atom is -0.490 e. The lowest BCUT2D eigenvalue weighted by molar-refractivity contribution is 0.0901. The highest BCUT2D eigenvalue weighted by molar-refractivity contribution is 5.85. The van der Waals surface area contributed by atoms with E-state index in [-0.39, 0.29) is 6.61 Å². The predicted octanol–water partition coefficient (Wildman–Crippen LogP) is 1.80. The van der Waals surface area contributed by atoms with E-state index in [1.807, 2.05) is 42.7 Å². The predicted molar refractivity (Wildman–Crippen MR) is 72.0 cm³/mol. The molecule has 3 aromatic rings. The fraction of sp³-hybridized carbons (Fsp3) is 0.214. The minimum absolute atomic E-state index is 0.240. The van der Waals surface area contributed by atoms with Crippen LogP contribution in [-0.4, -0.2) is 32.6 Å². The zero-order valence-electron chi connectivity index (χ0n) is 10.4. The molecule has 0 fully saturated rings. The number of aromatic nitrogens is 3. The largest absolute Gasteiger partial charge is 0.490 e. The summed E-state index contributed by atoms with van der Waals surface area (Å²) >= 11 is 0.